The van der Waals surface area contributed by atoms with Gasteiger partial charge in [-0.1, -0.05) is 0 Å². The van der Waals surface area contributed by atoms with Crippen LogP contribution >= 0.6 is 0 Å². The highest BCUT2D eigenvalue weighted by molar-refractivity contribution is 5.61. The smallest absolute Gasteiger partial charge is 0.395 e. The van der Waals surface area contributed by atoms with Crippen LogP contribution in [0.25, 0.3) is 5.82 Å². The molecule has 1 aliphatic heterocycles. The number of ether oxygens (including phenoxy) is 3. The van der Waals surface area contributed by atoms with Gasteiger partial charge in [0.1, 0.15) is 5.82 Å². The van der Waals surface area contributed by atoms with Crippen molar-refractivity contribution in [2.24, 2.45) is 0 Å². The van der Waals surface area contributed by atoms with Crippen molar-refractivity contribution in [2.75, 3.05) is 12.4 Å². The summed E-state index contributed by atoms with van der Waals surface area (Å²) in [6.45, 7) is 2.40. The summed E-state index contributed by atoms with van der Waals surface area (Å²) in [5.74, 6) is 0.950. The van der Waals surface area contributed by atoms with Crippen LogP contribution in [0.2, 0.25) is 0 Å². The van der Waals surface area contributed by atoms with E-state index < -0.39 is 6.29 Å². The highest BCUT2D eigenvalue weighted by Gasteiger charge is 2.43. The fourth-order valence-electron chi connectivity index (χ4n) is 2.74. The normalized spacial score (nSPS) is 14.4. The van der Waals surface area contributed by atoms with E-state index in [0.29, 0.717) is 24.1 Å². The second kappa shape index (κ2) is 6.51. The summed E-state index contributed by atoms with van der Waals surface area (Å²) in [5, 5.41) is 2.99. The number of benzene rings is 1. The molecule has 1 N–H and O–H groups in total. The standard InChI is InChI=1S/C18H16F2N4O3/c1-11-8-21-17(23-16(11)24-6-5-12(9-24)10-25-2)22-13-3-4-14-15(7-13)27-18(19,20)26-14/h3-9H,10H2,1-2H3,(H,21,22,23). The predicted octanol–water partition coefficient (Wildman–Crippen LogP) is 3.79. The largest absolute Gasteiger partial charge is 0.586 e. The van der Waals surface area contributed by atoms with Gasteiger partial charge >= 0.3 is 6.29 Å². The Kier molecular flexibility index (Phi) is 4.15. The molecule has 0 unspecified atom stereocenters. The maximum Gasteiger partial charge on any atom is 0.586 e. The van der Waals surface area contributed by atoms with Crippen LogP contribution in [-0.2, 0) is 11.3 Å². The minimum Gasteiger partial charge on any atom is -0.395 e. The zero-order chi connectivity index (χ0) is 19.0. The molecule has 0 bridgehead atoms. The fraction of sp³-hybridized carbons (Fsp3) is 0.222. The Morgan fingerprint density at radius 1 is 1.22 bits per heavy atom. The van der Waals surface area contributed by atoms with Gasteiger partial charge in [0.2, 0.25) is 5.95 Å². The number of nitrogens with zero attached hydrogens (tertiary/aromatic N) is 3. The molecule has 0 radical (unpaired) electrons. The summed E-state index contributed by atoms with van der Waals surface area (Å²) in [5.41, 5.74) is 2.39. The van der Waals surface area contributed by atoms with E-state index in [2.05, 4.69) is 24.8 Å². The number of alkyl halides is 2. The van der Waals surface area contributed by atoms with E-state index in [1.165, 1.54) is 12.1 Å². The molecule has 0 aliphatic carbocycles. The van der Waals surface area contributed by atoms with Crippen LogP contribution < -0.4 is 14.8 Å². The summed E-state index contributed by atoms with van der Waals surface area (Å²) in [6, 6.07) is 6.33. The van der Waals surface area contributed by atoms with E-state index in [0.717, 1.165) is 11.1 Å². The number of rotatable bonds is 5. The molecule has 0 spiro atoms. The molecular weight excluding hydrogens is 358 g/mol. The average Bonchev–Trinajstić information content (AvgIpc) is 3.19. The number of aryl methyl sites for hydroxylation is 1. The Hall–Kier alpha value is -3.20. The molecule has 3 heterocycles. The Labute approximate surface area is 153 Å². The van der Waals surface area contributed by atoms with Gasteiger partial charge in [0.15, 0.2) is 11.5 Å². The van der Waals surface area contributed by atoms with Crippen molar-refractivity contribution in [1.29, 1.82) is 0 Å². The quantitative estimate of drug-likeness (QED) is 0.733. The van der Waals surface area contributed by atoms with Gasteiger partial charge in [0.25, 0.3) is 0 Å². The van der Waals surface area contributed by atoms with Gasteiger partial charge in [-0.25, -0.2) is 4.98 Å². The first-order chi connectivity index (χ1) is 12.9. The lowest BCUT2D eigenvalue weighted by atomic mass is 10.3. The van der Waals surface area contributed by atoms with Crippen molar-refractivity contribution in [3.05, 3.63) is 54.0 Å². The van der Waals surface area contributed by atoms with Crippen LogP contribution in [0.3, 0.4) is 0 Å². The van der Waals surface area contributed by atoms with Gasteiger partial charge in [-0.15, -0.1) is 8.78 Å². The molecule has 0 atom stereocenters. The lowest BCUT2D eigenvalue weighted by Gasteiger charge is -2.10. The molecule has 4 rings (SSSR count). The SMILES string of the molecule is COCc1ccn(-c2nc(Nc3ccc4c(c3)OC(F)(F)O4)ncc2C)c1. The summed E-state index contributed by atoms with van der Waals surface area (Å²) < 4.78 is 42.1. The molecular formula is C18H16F2N4O3. The van der Waals surface area contributed by atoms with Crippen molar-refractivity contribution >= 4 is 11.6 Å². The second-order valence-electron chi connectivity index (χ2n) is 6.01. The fourth-order valence-corrected chi connectivity index (χ4v) is 2.74. The number of fused-ring (bicyclic) bond motifs is 1. The van der Waals surface area contributed by atoms with Crippen molar-refractivity contribution in [1.82, 2.24) is 14.5 Å². The Bertz CT molecular complexity index is 990. The predicted molar refractivity (Wildman–Crippen MR) is 92.7 cm³/mol. The third-order valence-electron chi connectivity index (χ3n) is 3.91. The third-order valence-corrected chi connectivity index (χ3v) is 3.91. The molecule has 7 nitrogen and oxygen atoms in total. The molecule has 140 valence electrons. The van der Waals surface area contributed by atoms with E-state index >= 15 is 0 Å². The van der Waals surface area contributed by atoms with Gasteiger partial charge in [0, 0.05) is 43.0 Å². The number of halogens is 2. The Balaban J connectivity index is 1.59. The lowest BCUT2D eigenvalue weighted by molar-refractivity contribution is -0.286. The van der Waals surface area contributed by atoms with Crippen molar-refractivity contribution < 1.29 is 23.0 Å². The number of aromatic nitrogens is 3. The monoisotopic (exact) mass is 374 g/mol. The van der Waals surface area contributed by atoms with Crippen LogP contribution in [-0.4, -0.2) is 27.9 Å². The molecule has 27 heavy (non-hydrogen) atoms. The van der Waals surface area contributed by atoms with Crippen LogP contribution in [0.1, 0.15) is 11.1 Å². The van der Waals surface area contributed by atoms with Gasteiger partial charge in [-0.05, 0) is 30.7 Å². The first-order valence-electron chi connectivity index (χ1n) is 8.10. The van der Waals surface area contributed by atoms with Gasteiger partial charge in [-0.3, -0.25) is 0 Å². The first-order valence-corrected chi connectivity index (χ1v) is 8.10. The number of nitrogens with one attached hydrogen (secondary N) is 1. The summed E-state index contributed by atoms with van der Waals surface area (Å²) in [6.07, 6.45) is 1.84. The zero-order valence-electron chi connectivity index (χ0n) is 14.6. The molecule has 9 heteroatoms. The zero-order valence-corrected chi connectivity index (χ0v) is 14.6. The van der Waals surface area contributed by atoms with Crippen molar-refractivity contribution in [2.45, 2.75) is 19.8 Å². The molecule has 3 aromatic rings. The molecule has 0 saturated carbocycles. The number of hydrogen-bond acceptors (Lipinski definition) is 6. The number of anilines is 2. The Morgan fingerprint density at radius 2 is 2.04 bits per heavy atom. The summed E-state index contributed by atoms with van der Waals surface area (Å²) >= 11 is 0. The molecule has 2 aromatic heterocycles. The molecule has 0 fully saturated rings. The molecule has 1 aromatic carbocycles. The van der Waals surface area contributed by atoms with E-state index in [1.54, 1.807) is 19.4 Å². The minimum atomic E-state index is -3.65. The van der Waals surface area contributed by atoms with Crippen molar-refractivity contribution in [3.63, 3.8) is 0 Å². The maximum atomic E-state index is 13.1. The number of hydrogen-bond donors (Lipinski definition) is 1. The maximum absolute atomic E-state index is 13.1. The highest BCUT2D eigenvalue weighted by Crippen LogP contribution is 2.42. The topological polar surface area (TPSA) is 70.4 Å². The van der Waals surface area contributed by atoms with E-state index in [1.807, 2.05) is 30.0 Å². The summed E-state index contributed by atoms with van der Waals surface area (Å²) in [7, 11) is 1.64. The van der Waals surface area contributed by atoms with E-state index in [-0.39, 0.29) is 11.5 Å². The minimum absolute atomic E-state index is 0.0194. The molecule has 1 aliphatic rings. The third kappa shape index (κ3) is 3.54. The first kappa shape index (κ1) is 17.2. The van der Waals surface area contributed by atoms with Crippen LogP contribution in [0, 0.1) is 6.92 Å². The summed E-state index contributed by atoms with van der Waals surface area (Å²) in [4.78, 5) is 8.76. The Morgan fingerprint density at radius 3 is 2.85 bits per heavy atom. The number of methoxy groups -OCH3 is 1. The van der Waals surface area contributed by atoms with Gasteiger partial charge in [0.05, 0.1) is 6.61 Å². The average molecular weight is 374 g/mol. The van der Waals surface area contributed by atoms with Gasteiger partial charge in [-0.2, -0.15) is 4.98 Å². The highest BCUT2D eigenvalue weighted by atomic mass is 19.3. The molecule has 0 amide bonds. The second-order valence-corrected chi connectivity index (χ2v) is 6.01. The van der Waals surface area contributed by atoms with Gasteiger partial charge < -0.3 is 24.1 Å². The lowest BCUT2D eigenvalue weighted by Crippen LogP contribution is -2.25. The van der Waals surface area contributed by atoms with Crippen LogP contribution in [0.4, 0.5) is 20.4 Å². The van der Waals surface area contributed by atoms with Crippen molar-refractivity contribution in [3.8, 4) is 17.3 Å². The van der Waals surface area contributed by atoms with Crippen LogP contribution in [0.5, 0.6) is 11.5 Å². The van der Waals surface area contributed by atoms with Crippen LogP contribution in [0.15, 0.2) is 42.9 Å². The molecule has 0 saturated heterocycles. The van der Waals surface area contributed by atoms with E-state index in [4.69, 9.17) is 4.74 Å². The van der Waals surface area contributed by atoms with E-state index in [9.17, 15) is 8.78 Å².